The summed E-state index contributed by atoms with van der Waals surface area (Å²) in [7, 11) is 0. The second-order valence-electron chi connectivity index (χ2n) is 4.56. The van der Waals surface area contributed by atoms with Gasteiger partial charge in [-0.15, -0.1) is 0 Å². The molecule has 4 N–H and O–H groups in total. The first-order valence-electron chi connectivity index (χ1n) is 6.46. The molecule has 18 heavy (non-hydrogen) atoms. The predicted molar refractivity (Wildman–Crippen MR) is 75.0 cm³/mol. The molecule has 0 aromatic heterocycles. The van der Waals surface area contributed by atoms with Gasteiger partial charge < -0.3 is 16.3 Å². The fourth-order valence-electron chi connectivity index (χ4n) is 1.82. The third-order valence-electron chi connectivity index (χ3n) is 2.98. The lowest BCUT2D eigenvalue weighted by Crippen LogP contribution is -2.21. The molecule has 0 spiro atoms. The van der Waals surface area contributed by atoms with Crippen LogP contribution in [0.5, 0.6) is 0 Å². The molecule has 0 fully saturated rings. The van der Waals surface area contributed by atoms with Crippen LogP contribution in [0.3, 0.4) is 0 Å². The zero-order valence-electron chi connectivity index (χ0n) is 11.0. The number of oxime groups is 1. The lowest BCUT2D eigenvalue weighted by atomic mass is 10.0. The molecule has 1 aromatic carbocycles. The van der Waals surface area contributed by atoms with Crippen LogP contribution in [-0.2, 0) is 0 Å². The Hall–Kier alpha value is -1.55. The van der Waals surface area contributed by atoms with E-state index in [2.05, 4.69) is 41.7 Å². The fraction of sp³-hybridized carbons (Fsp3) is 0.500. The van der Waals surface area contributed by atoms with E-state index >= 15 is 0 Å². The summed E-state index contributed by atoms with van der Waals surface area (Å²) in [5.41, 5.74) is 6.75. The molecule has 0 aliphatic heterocycles. The second-order valence-corrected chi connectivity index (χ2v) is 4.56. The molecule has 1 aromatic rings. The molecule has 4 nitrogen and oxygen atoms in total. The summed E-state index contributed by atoms with van der Waals surface area (Å²) in [6.45, 7) is 4.17. The van der Waals surface area contributed by atoms with E-state index in [1.165, 1.54) is 5.56 Å². The second kappa shape index (κ2) is 8.53. The first-order valence-corrected chi connectivity index (χ1v) is 6.46. The quantitative estimate of drug-likeness (QED) is 0.218. The molecule has 0 aliphatic rings. The fourth-order valence-corrected chi connectivity index (χ4v) is 1.82. The highest BCUT2D eigenvalue weighted by molar-refractivity contribution is 5.79. The zero-order valence-corrected chi connectivity index (χ0v) is 11.0. The highest BCUT2D eigenvalue weighted by Crippen LogP contribution is 2.12. The molecule has 100 valence electrons. The molecule has 0 saturated carbocycles. The summed E-state index contributed by atoms with van der Waals surface area (Å²) < 4.78 is 0. The molecular weight excluding hydrogens is 226 g/mol. The Labute approximate surface area is 109 Å². The third kappa shape index (κ3) is 5.68. The molecule has 1 unspecified atom stereocenters. The summed E-state index contributed by atoms with van der Waals surface area (Å²) >= 11 is 0. The maximum Gasteiger partial charge on any atom is 0.139 e. The van der Waals surface area contributed by atoms with E-state index < -0.39 is 0 Å². The van der Waals surface area contributed by atoms with Crippen LogP contribution < -0.4 is 11.1 Å². The van der Waals surface area contributed by atoms with Gasteiger partial charge in [0.15, 0.2) is 0 Å². The van der Waals surface area contributed by atoms with E-state index in [0.29, 0.717) is 18.2 Å². The molecule has 1 rings (SSSR count). The Bertz CT molecular complexity index is 351. The van der Waals surface area contributed by atoms with Crippen molar-refractivity contribution in [3.8, 4) is 0 Å². The van der Waals surface area contributed by atoms with Crippen molar-refractivity contribution >= 4 is 5.84 Å². The van der Waals surface area contributed by atoms with Crippen LogP contribution in [-0.4, -0.2) is 24.1 Å². The normalized spacial score (nSPS) is 13.5. The summed E-state index contributed by atoms with van der Waals surface area (Å²) in [6, 6.07) is 10.5. The standard InChI is InChI=1S/C14H23N3O/c1-12(13-7-3-2-4-8-13)11-16-10-6-5-9-14(15)17-18/h2-4,7-8,12,16,18H,5-6,9-11H2,1H3,(H2,15,17). The average Bonchev–Trinajstić information content (AvgIpc) is 2.43. The summed E-state index contributed by atoms with van der Waals surface area (Å²) in [5.74, 6) is 0.836. The Balaban J connectivity index is 2.08. The minimum atomic E-state index is 0.313. The van der Waals surface area contributed by atoms with Crippen molar-refractivity contribution in [1.82, 2.24) is 5.32 Å². The molecule has 0 bridgehead atoms. The number of hydrogen-bond acceptors (Lipinski definition) is 3. The van der Waals surface area contributed by atoms with Gasteiger partial charge in [-0.05, 0) is 30.9 Å². The van der Waals surface area contributed by atoms with Crippen LogP contribution in [0.1, 0.15) is 37.7 Å². The number of unbranched alkanes of at least 4 members (excludes halogenated alkanes) is 1. The van der Waals surface area contributed by atoms with Crippen LogP contribution >= 0.6 is 0 Å². The number of hydrogen-bond donors (Lipinski definition) is 3. The first kappa shape index (κ1) is 14.5. The van der Waals surface area contributed by atoms with Gasteiger partial charge in [0, 0.05) is 13.0 Å². The minimum absolute atomic E-state index is 0.313. The monoisotopic (exact) mass is 249 g/mol. The van der Waals surface area contributed by atoms with Gasteiger partial charge in [0.2, 0.25) is 0 Å². The number of rotatable bonds is 8. The van der Waals surface area contributed by atoms with E-state index in [1.54, 1.807) is 0 Å². The van der Waals surface area contributed by atoms with Crippen molar-refractivity contribution < 1.29 is 5.21 Å². The molecule has 4 heteroatoms. The van der Waals surface area contributed by atoms with Crippen LogP contribution in [0.4, 0.5) is 0 Å². The summed E-state index contributed by atoms with van der Waals surface area (Å²) in [5, 5.41) is 14.8. The number of benzene rings is 1. The van der Waals surface area contributed by atoms with E-state index in [1.807, 2.05) is 6.07 Å². The van der Waals surface area contributed by atoms with E-state index in [4.69, 9.17) is 10.9 Å². The highest BCUT2D eigenvalue weighted by atomic mass is 16.4. The maximum absolute atomic E-state index is 8.38. The van der Waals surface area contributed by atoms with E-state index in [-0.39, 0.29) is 0 Å². The van der Waals surface area contributed by atoms with Gasteiger partial charge in [-0.1, -0.05) is 42.4 Å². The Morgan fingerprint density at radius 3 is 2.72 bits per heavy atom. The largest absolute Gasteiger partial charge is 0.409 e. The summed E-state index contributed by atoms with van der Waals surface area (Å²) in [6.07, 6.45) is 2.65. The first-order chi connectivity index (χ1) is 8.74. The van der Waals surface area contributed by atoms with Crippen molar-refractivity contribution in [2.45, 2.75) is 32.1 Å². The van der Waals surface area contributed by atoms with Gasteiger partial charge >= 0.3 is 0 Å². The number of nitrogens with two attached hydrogens (primary N) is 1. The van der Waals surface area contributed by atoms with Crippen LogP contribution in [0, 0.1) is 0 Å². The number of amidine groups is 1. The van der Waals surface area contributed by atoms with Crippen LogP contribution in [0.15, 0.2) is 35.5 Å². The van der Waals surface area contributed by atoms with Gasteiger partial charge in [0.25, 0.3) is 0 Å². The molecule has 1 atom stereocenters. The minimum Gasteiger partial charge on any atom is -0.409 e. The third-order valence-corrected chi connectivity index (χ3v) is 2.98. The van der Waals surface area contributed by atoms with Crippen LogP contribution in [0.2, 0.25) is 0 Å². The van der Waals surface area contributed by atoms with Crippen molar-refractivity contribution in [3.05, 3.63) is 35.9 Å². The molecule has 0 radical (unpaired) electrons. The molecule has 0 amide bonds. The van der Waals surface area contributed by atoms with Gasteiger partial charge in [0.1, 0.15) is 5.84 Å². The highest BCUT2D eigenvalue weighted by Gasteiger charge is 2.03. The Morgan fingerprint density at radius 2 is 2.06 bits per heavy atom. The predicted octanol–water partition coefficient (Wildman–Crippen LogP) is 2.30. The zero-order chi connectivity index (χ0) is 13.2. The van der Waals surface area contributed by atoms with Crippen LogP contribution in [0.25, 0.3) is 0 Å². The Kier molecular flexibility index (Phi) is 6.87. The van der Waals surface area contributed by atoms with Gasteiger partial charge in [-0.2, -0.15) is 0 Å². The SMILES string of the molecule is CC(CNCCCC/C(N)=N/O)c1ccccc1. The molecule has 0 heterocycles. The number of nitrogens with one attached hydrogen (secondary N) is 1. The Morgan fingerprint density at radius 1 is 1.33 bits per heavy atom. The summed E-state index contributed by atoms with van der Waals surface area (Å²) in [4.78, 5) is 0. The van der Waals surface area contributed by atoms with Gasteiger partial charge in [-0.25, -0.2) is 0 Å². The topological polar surface area (TPSA) is 70.6 Å². The van der Waals surface area contributed by atoms with Gasteiger partial charge in [-0.3, -0.25) is 0 Å². The number of nitrogens with zero attached hydrogens (tertiary/aromatic N) is 1. The van der Waals surface area contributed by atoms with Crippen molar-refractivity contribution in [2.75, 3.05) is 13.1 Å². The van der Waals surface area contributed by atoms with E-state index in [0.717, 1.165) is 25.9 Å². The molecule has 0 aliphatic carbocycles. The smallest absolute Gasteiger partial charge is 0.139 e. The molecule has 0 saturated heterocycles. The lowest BCUT2D eigenvalue weighted by molar-refractivity contribution is 0.316. The van der Waals surface area contributed by atoms with Gasteiger partial charge in [0.05, 0.1) is 0 Å². The molecular formula is C14H23N3O. The average molecular weight is 249 g/mol. The lowest BCUT2D eigenvalue weighted by Gasteiger charge is -2.12. The maximum atomic E-state index is 8.38. The van der Waals surface area contributed by atoms with E-state index in [9.17, 15) is 0 Å². The van der Waals surface area contributed by atoms with Crippen molar-refractivity contribution in [1.29, 1.82) is 0 Å². The van der Waals surface area contributed by atoms with Crippen molar-refractivity contribution in [3.63, 3.8) is 0 Å². The van der Waals surface area contributed by atoms with Crippen molar-refractivity contribution in [2.24, 2.45) is 10.9 Å².